The first kappa shape index (κ1) is 48.4. The van der Waals surface area contributed by atoms with Crippen molar-refractivity contribution in [3.63, 3.8) is 0 Å². The molecule has 0 spiro atoms. The van der Waals surface area contributed by atoms with Crippen molar-refractivity contribution in [2.45, 2.75) is 232 Å². The predicted molar refractivity (Wildman–Crippen MR) is 215 cm³/mol. The smallest absolute Gasteiger partial charge is 0.306 e. The van der Waals surface area contributed by atoms with Gasteiger partial charge in [-0.2, -0.15) is 0 Å². The minimum absolute atomic E-state index is 0.0889. The predicted octanol–water partition coefficient (Wildman–Crippen LogP) is 14.1. The van der Waals surface area contributed by atoms with E-state index in [9.17, 15) is 9.59 Å². The third-order valence-corrected chi connectivity index (χ3v) is 9.49. The molecule has 0 saturated carbocycles. The summed E-state index contributed by atoms with van der Waals surface area (Å²) >= 11 is 0. The van der Waals surface area contributed by atoms with Crippen LogP contribution in [0.25, 0.3) is 0 Å². The van der Waals surface area contributed by atoms with Crippen molar-refractivity contribution in [1.29, 1.82) is 0 Å². The molecule has 0 radical (unpaired) electrons. The van der Waals surface area contributed by atoms with Gasteiger partial charge in [-0.3, -0.25) is 9.59 Å². The number of esters is 2. The minimum atomic E-state index is -0.525. The first-order valence-corrected chi connectivity index (χ1v) is 21.9. The molecule has 0 heterocycles. The third kappa shape index (κ3) is 39.2. The Kier molecular flexibility index (Phi) is 40.4. The molecule has 0 amide bonds. The first-order valence-electron chi connectivity index (χ1n) is 21.9. The molecule has 0 bridgehead atoms. The van der Waals surface area contributed by atoms with Gasteiger partial charge in [0.15, 0.2) is 6.10 Å². The van der Waals surface area contributed by atoms with E-state index in [2.05, 4.69) is 45.1 Å². The van der Waals surface area contributed by atoms with Crippen LogP contribution < -0.4 is 0 Å². The minimum Gasteiger partial charge on any atom is -0.462 e. The van der Waals surface area contributed by atoms with E-state index >= 15 is 0 Å². The average molecular weight is 705 g/mol. The summed E-state index contributed by atoms with van der Waals surface area (Å²) in [4.78, 5) is 24.9. The zero-order chi connectivity index (χ0) is 36.4. The zero-order valence-electron chi connectivity index (χ0n) is 33.7. The maximum absolute atomic E-state index is 12.6. The summed E-state index contributed by atoms with van der Waals surface area (Å²) in [6.45, 7) is 7.74. The molecule has 0 aliphatic rings. The van der Waals surface area contributed by atoms with Crippen LogP contribution in [0.1, 0.15) is 226 Å². The van der Waals surface area contributed by atoms with Gasteiger partial charge < -0.3 is 14.2 Å². The van der Waals surface area contributed by atoms with E-state index in [1.54, 1.807) is 0 Å². The molecule has 0 aliphatic carbocycles. The highest BCUT2D eigenvalue weighted by molar-refractivity contribution is 5.70. The quantitative estimate of drug-likeness (QED) is 0.0361. The second-order valence-corrected chi connectivity index (χ2v) is 14.6. The molecule has 0 aromatic rings. The molecular weight excluding hydrogens is 620 g/mol. The Balaban J connectivity index is 4.01. The van der Waals surface area contributed by atoms with Gasteiger partial charge in [0.1, 0.15) is 6.61 Å². The molecule has 0 aromatic carbocycles. The Morgan fingerprint density at radius 1 is 0.440 bits per heavy atom. The Morgan fingerprint density at radius 3 is 1.36 bits per heavy atom. The van der Waals surface area contributed by atoms with Crippen LogP contribution in [0, 0.1) is 0 Å². The second kappa shape index (κ2) is 41.8. The van der Waals surface area contributed by atoms with Crippen LogP contribution in [-0.4, -0.2) is 37.9 Å². The molecule has 5 nitrogen and oxygen atoms in total. The third-order valence-electron chi connectivity index (χ3n) is 9.49. The fourth-order valence-corrected chi connectivity index (χ4v) is 6.19. The number of rotatable bonds is 40. The number of carbonyl (C=O) groups excluding carboxylic acids is 2. The van der Waals surface area contributed by atoms with Gasteiger partial charge in [-0.25, -0.2) is 0 Å². The van der Waals surface area contributed by atoms with Crippen molar-refractivity contribution in [2.75, 3.05) is 19.8 Å². The summed E-state index contributed by atoms with van der Waals surface area (Å²) < 4.78 is 17.2. The summed E-state index contributed by atoms with van der Waals surface area (Å²) in [5.41, 5.74) is 0. The van der Waals surface area contributed by atoms with Crippen molar-refractivity contribution in [3.05, 3.63) is 24.3 Å². The van der Waals surface area contributed by atoms with E-state index in [1.165, 1.54) is 148 Å². The average Bonchev–Trinajstić information content (AvgIpc) is 3.11. The van der Waals surface area contributed by atoms with Crippen LogP contribution in [0.3, 0.4) is 0 Å². The summed E-state index contributed by atoms with van der Waals surface area (Å²) in [6, 6.07) is 0. The molecule has 1 unspecified atom stereocenters. The number of hydrogen-bond donors (Lipinski definition) is 0. The lowest BCUT2D eigenvalue weighted by Crippen LogP contribution is -2.30. The van der Waals surface area contributed by atoms with Crippen molar-refractivity contribution < 1.29 is 23.8 Å². The lowest BCUT2D eigenvalue weighted by Gasteiger charge is -2.18. The summed E-state index contributed by atoms with van der Waals surface area (Å²) in [5.74, 6) is -0.403. The highest BCUT2D eigenvalue weighted by atomic mass is 16.6. The highest BCUT2D eigenvalue weighted by Gasteiger charge is 2.17. The van der Waals surface area contributed by atoms with Gasteiger partial charge in [0.25, 0.3) is 0 Å². The van der Waals surface area contributed by atoms with Gasteiger partial charge in [-0.1, -0.05) is 186 Å². The molecule has 0 N–H and O–H groups in total. The zero-order valence-corrected chi connectivity index (χ0v) is 33.7. The second-order valence-electron chi connectivity index (χ2n) is 14.6. The van der Waals surface area contributed by atoms with Crippen LogP contribution in [0.4, 0.5) is 0 Å². The molecule has 0 rings (SSSR count). The normalized spacial score (nSPS) is 12.3. The van der Waals surface area contributed by atoms with Crippen molar-refractivity contribution in [2.24, 2.45) is 0 Å². The van der Waals surface area contributed by atoms with Crippen molar-refractivity contribution in [1.82, 2.24) is 0 Å². The Bertz CT molecular complexity index is 761. The maximum Gasteiger partial charge on any atom is 0.306 e. The Hall–Kier alpha value is -1.62. The number of ether oxygens (including phenoxy) is 3. The van der Waals surface area contributed by atoms with Crippen molar-refractivity contribution in [3.8, 4) is 0 Å². The molecule has 50 heavy (non-hydrogen) atoms. The molecule has 0 aromatic heterocycles. The van der Waals surface area contributed by atoms with E-state index < -0.39 is 6.10 Å². The number of carbonyl (C=O) groups is 2. The van der Waals surface area contributed by atoms with E-state index in [-0.39, 0.29) is 18.5 Å². The molecule has 5 heteroatoms. The molecule has 0 saturated heterocycles. The maximum atomic E-state index is 12.6. The molecule has 0 aliphatic heterocycles. The van der Waals surface area contributed by atoms with Gasteiger partial charge in [0.2, 0.25) is 0 Å². The number of unbranched alkanes of at least 4 members (excludes halogenated alkanes) is 25. The van der Waals surface area contributed by atoms with Crippen LogP contribution in [0.15, 0.2) is 24.3 Å². The van der Waals surface area contributed by atoms with Crippen LogP contribution in [0.5, 0.6) is 0 Å². The first-order chi connectivity index (χ1) is 24.6. The number of hydrogen-bond acceptors (Lipinski definition) is 5. The van der Waals surface area contributed by atoms with Crippen molar-refractivity contribution >= 4 is 11.9 Å². The van der Waals surface area contributed by atoms with E-state index in [4.69, 9.17) is 14.2 Å². The fourth-order valence-electron chi connectivity index (χ4n) is 6.19. The van der Waals surface area contributed by atoms with Crippen LogP contribution in [0.2, 0.25) is 0 Å². The summed E-state index contributed by atoms with van der Waals surface area (Å²) in [5, 5.41) is 0. The lowest BCUT2D eigenvalue weighted by molar-refractivity contribution is -0.163. The fraction of sp³-hybridized carbons (Fsp3) is 0.867. The molecule has 0 fully saturated rings. The molecule has 1 atom stereocenters. The van der Waals surface area contributed by atoms with Gasteiger partial charge in [-0.05, 0) is 51.4 Å². The van der Waals surface area contributed by atoms with Crippen LogP contribution in [-0.2, 0) is 23.8 Å². The van der Waals surface area contributed by atoms with Gasteiger partial charge in [0.05, 0.1) is 6.61 Å². The number of allylic oxidation sites excluding steroid dienone is 4. The van der Waals surface area contributed by atoms with Gasteiger partial charge in [0, 0.05) is 19.4 Å². The van der Waals surface area contributed by atoms with Gasteiger partial charge >= 0.3 is 11.9 Å². The summed E-state index contributed by atoms with van der Waals surface area (Å²) in [7, 11) is 0. The lowest BCUT2D eigenvalue weighted by atomic mass is 10.1. The van der Waals surface area contributed by atoms with Crippen LogP contribution >= 0.6 is 0 Å². The van der Waals surface area contributed by atoms with E-state index in [1.807, 2.05) is 0 Å². The monoisotopic (exact) mass is 705 g/mol. The van der Waals surface area contributed by atoms with E-state index in [0.29, 0.717) is 26.1 Å². The topological polar surface area (TPSA) is 61.8 Å². The highest BCUT2D eigenvalue weighted by Crippen LogP contribution is 2.14. The molecular formula is C45H84O5. The van der Waals surface area contributed by atoms with E-state index in [0.717, 1.165) is 44.9 Å². The standard InChI is InChI=1S/C45H84O5/c1-4-7-10-13-16-17-18-19-20-21-22-23-24-25-26-27-28-31-34-37-40-48-41-43(50-45(47)39-36-33-30-15-12-9-6-3)42-49-44(46)38-35-32-29-14-11-8-5-2/h16-17,19-20,43H,4-15,18,21-42H2,1-3H3/b17-16-,20-19-. The van der Waals surface area contributed by atoms with Gasteiger partial charge in [-0.15, -0.1) is 0 Å². The Labute approximate surface area is 311 Å². The Morgan fingerprint density at radius 2 is 0.840 bits per heavy atom. The molecule has 294 valence electrons. The summed E-state index contributed by atoms with van der Waals surface area (Å²) in [6.07, 6.45) is 46.3. The SMILES string of the molecule is CCCCC/C=C\C/C=C\CCCCCCCCCCCCOCC(COC(=O)CCCCCCCCC)OC(=O)CCCCCCCCC. The largest absolute Gasteiger partial charge is 0.462 e.